The van der Waals surface area contributed by atoms with Crippen molar-refractivity contribution < 1.29 is 9.90 Å². The molecule has 5 fully saturated rings. The zero-order valence-corrected chi connectivity index (χ0v) is 21.7. The van der Waals surface area contributed by atoms with Crippen molar-refractivity contribution in [2.45, 2.75) is 118 Å². The summed E-state index contributed by atoms with van der Waals surface area (Å²) in [5.41, 5.74) is 2.68. The molecule has 0 heterocycles. The molecule has 0 bridgehead atoms. The second-order valence-electron chi connectivity index (χ2n) is 14.2. The number of carbonyl (C=O) groups is 1. The number of Topliss-reactive ketones (excluding diaryl/α,β-unsaturated/α-hetero) is 1. The number of fused-ring (bicyclic) bond motifs is 2. The van der Waals surface area contributed by atoms with Crippen molar-refractivity contribution in [3.63, 3.8) is 0 Å². The minimum absolute atomic E-state index is 0.106. The molecule has 0 aliphatic heterocycles. The summed E-state index contributed by atoms with van der Waals surface area (Å²) >= 11 is 0. The first-order valence-corrected chi connectivity index (χ1v) is 13.7. The lowest BCUT2D eigenvalue weighted by Gasteiger charge is -2.62. The van der Waals surface area contributed by atoms with Crippen molar-refractivity contribution in [1.82, 2.24) is 0 Å². The number of aliphatic hydroxyl groups is 1. The molecule has 0 radical (unpaired) electrons. The fourth-order valence-electron chi connectivity index (χ4n) is 11.0. The van der Waals surface area contributed by atoms with Gasteiger partial charge in [0.15, 0.2) is 0 Å². The molecular weight excluding hydrogens is 392 g/mol. The summed E-state index contributed by atoms with van der Waals surface area (Å²) in [6.07, 6.45) is 13.2. The van der Waals surface area contributed by atoms with E-state index in [1.54, 1.807) is 0 Å². The van der Waals surface area contributed by atoms with Gasteiger partial charge in [-0.05, 0) is 116 Å². The van der Waals surface area contributed by atoms with E-state index < -0.39 is 0 Å². The third kappa shape index (κ3) is 2.65. The highest BCUT2D eigenvalue weighted by Crippen LogP contribution is 2.88. The Balaban J connectivity index is 1.39. The van der Waals surface area contributed by atoms with Crippen LogP contribution in [-0.2, 0) is 4.79 Å². The van der Waals surface area contributed by atoms with E-state index in [0.717, 1.165) is 36.7 Å². The maximum atomic E-state index is 12.8. The highest BCUT2D eigenvalue weighted by atomic mass is 16.3. The van der Waals surface area contributed by atoms with Gasteiger partial charge < -0.3 is 5.11 Å². The minimum atomic E-state index is -0.341. The average molecular weight is 441 g/mol. The van der Waals surface area contributed by atoms with E-state index in [2.05, 4.69) is 41.2 Å². The van der Waals surface area contributed by atoms with Gasteiger partial charge in [-0.3, -0.25) is 4.79 Å². The molecule has 5 aliphatic rings. The number of rotatable bonds is 5. The van der Waals surface area contributed by atoms with E-state index in [4.69, 9.17) is 0 Å². The predicted molar refractivity (Wildman–Crippen MR) is 131 cm³/mol. The molecule has 5 saturated carbocycles. The molecular formula is C30H48O2. The van der Waals surface area contributed by atoms with Gasteiger partial charge in [-0.2, -0.15) is 0 Å². The SMILES string of the molecule is C=C(C)C(O)CC[C@@H](C)[C@H]1CC[C@@]2(C)C3CCC4C(C)(C)C(=O)CC[C@@]45C[C@@]35CC[C@]12C. The van der Waals surface area contributed by atoms with Crippen molar-refractivity contribution in [2.24, 2.45) is 50.7 Å². The van der Waals surface area contributed by atoms with Gasteiger partial charge >= 0.3 is 0 Å². The highest BCUT2D eigenvalue weighted by molar-refractivity contribution is 5.86. The van der Waals surface area contributed by atoms with Gasteiger partial charge in [0.2, 0.25) is 0 Å². The lowest BCUT2D eigenvalue weighted by atomic mass is 9.42. The van der Waals surface area contributed by atoms with Crippen LogP contribution in [0.4, 0.5) is 0 Å². The fourth-order valence-corrected chi connectivity index (χ4v) is 11.0. The predicted octanol–water partition coefficient (Wildman–Crippen LogP) is 7.35. The van der Waals surface area contributed by atoms with Crippen LogP contribution in [0.25, 0.3) is 0 Å². The number of hydrogen-bond donors (Lipinski definition) is 1. The Morgan fingerprint density at radius 1 is 0.969 bits per heavy atom. The summed E-state index contributed by atoms with van der Waals surface area (Å²) < 4.78 is 0. The maximum absolute atomic E-state index is 12.8. The van der Waals surface area contributed by atoms with Gasteiger partial charge in [0, 0.05) is 11.8 Å². The molecule has 3 unspecified atom stereocenters. The van der Waals surface area contributed by atoms with Crippen LogP contribution >= 0.6 is 0 Å². The molecule has 9 atom stereocenters. The van der Waals surface area contributed by atoms with Crippen molar-refractivity contribution in [3.05, 3.63) is 12.2 Å². The van der Waals surface area contributed by atoms with Crippen LogP contribution in [0, 0.1) is 50.7 Å². The monoisotopic (exact) mass is 440 g/mol. The van der Waals surface area contributed by atoms with E-state index >= 15 is 0 Å². The molecule has 2 heteroatoms. The summed E-state index contributed by atoms with van der Waals surface area (Å²) in [6, 6.07) is 0. The zero-order chi connectivity index (χ0) is 23.3. The topological polar surface area (TPSA) is 37.3 Å². The fraction of sp³-hybridized carbons (Fsp3) is 0.900. The molecule has 0 aromatic carbocycles. The minimum Gasteiger partial charge on any atom is -0.389 e. The summed E-state index contributed by atoms with van der Waals surface area (Å²) in [4.78, 5) is 12.8. The molecule has 2 spiro atoms. The molecule has 0 saturated heterocycles. The largest absolute Gasteiger partial charge is 0.389 e. The Bertz CT molecular complexity index is 827. The van der Waals surface area contributed by atoms with E-state index in [9.17, 15) is 9.90 Å². The van der Waals surface area contributed by atoms with E-state index in [-0.39, 0.29) is 11.5 Å². The number of ketones is 1. The van der Waals surface area contributed by atoms with E-state index in [0.29, 0.717) is 39.3 Å². The third-order valence-electron chi connectivity index (χ3n) is 13.1. The van der Waals surface area contributed by atoms with Gasteiger partial charge in [0.1, 0.15) is 5.78 Å². The number of aliphatic hydroxyl groups excluding tert-OH is 1. The molecule has 0 aromatic heterocycles. The van der Waals surface area contributed by atoms with Crippen molar-refractivity contribution in [1.29, 1.82) is 0 Å². The van der Waals surface area contributed by atoms with Gasteiger partial charge in [-0.15, -0.1) is 0 Å². The standard InChI is InChI=1S/C30H48O2/c1-19(2)22(31)9-8-20(3)21-12-14-28(7)24-11-10-23-26(4,5)25(32)13-15-29(23)18-30(24,29)17-16-27(21,28)6/h20-24,31H,1,8-18H2,2-7H3/t20-,21-,22?,23?,24?,27-,28+,29-,30+/m1/s1. The van der Waals surface area contributed by atoms with Crippen LogP contribution in [0.2, 0.25) is 0 Å². The Hall–Kier alpha value is -0.630. The van der Waals surface area contributed by atoms with E-state index in [1.165, 1.54) is 51.4 Å². The molecule has 0 aromatic rings. The number of carbonyl (C=O) groups excluding carboxylic acids is 1. The summed E-state index contributed by atoms with van der Waals surface area (Å²) in [5.74, 6) is 3.46. The lowest BCUT2D eigenvalue weighted by Crippen LogP contribution is -2.57. The molecule has 180 valence electrons. The Kier molecular flexibility index (Phi) is 5.03. The van der Waals surface area contributed by atoms with Crippen LogP contribution in [0.15, 0.2) is 12.2 Å². The second-order valence-corrected chi connectivity index (χ2v) is 14.2. The lowest BCUT2D eigenvalue weighted by molar-refractivity contribution is -0.157. The normalized spacial score (nSPS) is 50.5. The quantitative estimate of drug-likeness (QED) is 0.454. The van der Waals surface area contributed by atoms with Gasteiger partial charge in [-0.25, -0.2) is 0 Å². The van der Waals surface area contributed by atoms with Crippen molar-refractivity contribution >= 4 is 5.78 Å². The molecule has 2 nitrogen and oxygen atoms in total. The van der Waals surface area contributed by atoms with Crippen LogP contribution in [0.3, 0.4) is 0 Å². The van der Waals surface area contributed by atoms with Crippen molar-refractivity contribution in [2.75, 3.05) is 0 Å². The summed E-state index contributed by atoms with van der Waals surface area (Å²) in [6.45, 7) is 18.2. The van der Waals surface area contributed by atoms with E-state index in [1.807, 2.05) is 6.92 Å². The van der Waals surface area contributed by atoms with Crippen molar-refractivity contribution in [3.8, 4) is 0 Å². The maximum Gasteiger partial charge on any atom is 0.138 e. The van der Waals surface area contributed by atoms with Gasteiger partial charge in [0.25, 0.3) is 0 Å². The van der Waals surface area contributed by atoms with Gasteiger partial charge in [0.05, 0.1) is 6.10 Å². The average Bonchev–Trinajstić information content (AvgIpc) is 3.31. The summed E-state index contributed by atoms with van der Waals surface area (Å²) in [7, 11) is 0. The first kappa shape index (κ1) is 23.1. The molecule has 32 heavy (non-hydrogen) atoms. The highest BCUT2D eigenvalue weighted by Gasteiger charge is 2.82. The molecule has 5 rings (SSSR count). The Morgan fingerprint density at radius 2 is 1.62 bits per heavy atom. The first-order chi connectivity index (χ1) is 14.9. The Morgan fingerprint density at radius 3 is 2.31 bits per heavy atom. The smallest absolute Gasteiger partial charge is 0.138 e. The second kappa shape index (κ2) is 6.96. The van der Waals surface area contributed by atoms with Crippen LogP contribution in [0.5, 0.6) is 0 Å². The third-order valence-corrected chi connectivity index (χ3v) is 13.1. The molecule has 0 amide bonds. The Labute approximate surface area is 197 Å². The van der Waals surface area contributed by atoms with Crippen LogP contribution in [0.1, 0.15) is 112 Å². The van der Waals surface area contributed by atoms with Crippen LogP contribution < -0.4 is 0 Å². The van der Waals surface area contributed by atoms with Gasteiger partial charge in [-0.1, -0.05) is 46.8 Å². The summed E-state index contributed by atoms with van der Waals surface area (Å²) in [5, 5.41) is 10.3. The van der Waals surface area contributed by atoms with Crippen LogP contribution in [-0.4, -0.2) is 17.0 Å². The molecule has 5 aliphatic carbocycles. The molecule has 1 N–H and O–H groups in total. The zero-order valence-electron chi connectivity index (χ0n) is 21.7. The number of hydrogen-bond acceptors (Lipinski definition) is 2. The first-order valence-electron chi connectivity index (χ1n) is 13.7.